The highest BCUT2D eigenvalue weighted by molar-refractivity contribution is 5.87. The van der Waals surface area contributed by atoms with Gasteiger partial charge in [-0.05, 0) is 43.4 Å². The van der Waals surface area contributed by atoms with Crippen LogP contribution in [0.1, 0.15) is 43.2 Å². The predicted molar refractivity (Wildman–Crippen MR) is 106 cm³/mol. The van der Waals surface area contributed by atoms with Gasteiger partial charge in [0, 0.05) is 43.7 Å². The van der Waals surface area contributed by atoms with Gasteiger partial charge in [0.1, 0.15) is 5.58 Å². The van der Waals surface area contributed by atoms with Crippen molar-refractivity contribution in [2.24, 2.45) is 0 Å². The maximum absolute atomic E-state index is 12.9. The Hall–Kier alpha value is -2.14. The van der Waals surface area contributed by atoms with Crippen LogP contribution in [0.4, 0.5) is 0 Å². The quantitative estimate of drug-likeness (QED) is 0.781. The molecule has 1 aliphatic heterocycles. The maximum Gasteiger partial charge on any atom is 0.336 e. The van der Waals surface area contributed by atoms with Gasteiger partial charge in [-0.15, -0.1) is 0 Å². The van der Waals surface area contributed by atoms with Crippen LogP contribution in [0.25, 0.3) is 11.0 Å². The highest BCUT2D eigenvalue weighted by atomic mass is 16.4. The van der Waals surface area contributed by atoms with Gasteiger partial charge in [0.15, 0.2) is 0 Å². The van der Waals surface area contributed by atoms with Gasteiger partial charge >= 0.3 is 5.63 Å². The topological polar surface area (TPSA) is 53.8 Å². The fourth-order valence-corrected chi connectivity index (χ4v) is 4.58. The third-order valence-corrected chi connectivity index (χ3v) is 6.05. The van der Waals surface area contributed by atoms with Gasteiger partial charge in [0.05, 0.1) is 6.42 Å². The molecule has 2 heterocycles. The van der Waals surface area contributed by atoms with Crippen molar-refractivity contribution < 1.29 is 9.21 Å². The normalized spacial score (nSPS) is 19.5. The van der Waals surface area contributed by atoms with Crippen LogP contribution in [0.15, 0.2) is 33.5 Å². The van der Waals surface area contributed by atoms with Gasteiger partial charge in [-0.25, -0.2) is 4.79 Å². The molecule has 2 aromatic rings. The Labute approximate surface area is 159 Å². The second kappa shape index (κ2) is 7.85. The number of carbonyl (C=O) groups is 1. The zero-order valence-corrected chi connectivity index (χ0v) is 16.1. The Morgan fingerprint density at radius 3 is 2.70 bits per heavy atom. The first kappa shape index (κ1) is 18.2. The Kier molecular flexibility index (Phi) is 5.30. The van der Waals surface area contributed by atoms with Gasteiger partial charge in [-0.1, -0.05) is 25.0 Å². The number of hydrogen-bond acceptors (Lipinski definition) is 4. The number of fused-ring (bicyclic) bond motifs is 1. The molecule has 0 spiro atoms. The average molecular weight is 368 g/mol. The molecule has 2 fully saturated rings. The second-order valence-corrected chi connectivity index (χ2v) is 7.98. The van der Waals surface area contributed by atoms with Crippen LogP contribution in [0.3, 0.4) is 0 Å². The molecular weight excluding hydrogens is 340 g/mol. The summed E-state index contributed by atoms with van der Waals surface area (Å²) in [5.41, 5.74) is 1.98. The summed E-state index contributed by atoms with van der Waals surface area (Å²) in [5.74, 6) is 0.107. The number of nitrogens with zero attached hydrogens (tertiary/aromatic N) is 2. The van der Waals surface area contributed by atoms with E-state index in [2.05, 4.69) is 4.90 Å². The SMILES string of the molecule is Cc1ccc2c(CC(=O)N3CCCN(C4CCCC4)CC3)cc(=O)oc2c1. The van der Waals surface area contributed by atoms with Gasteiger partial charge in [-0.3, -0.25) is 9.69 Å². The summed E-state index contributed by atoms with van der Waals surface area (Å²) in [4.78, 5) is 29.4. The first-order valence-corrected chi connectivity index (χ1v) is 10.2. The van der Waals surface area contributed by atoms with E-state index in [-0.39, 0.29) is 18.0 Å². The van der Waals surface area contributed by atoms with Crippen molar-refractivity contribution in [3.05, 3.63) is 45.8 Å². The summed E-state index contributed by atoms with van der Waals surface area (Å²) < 4.78 is 5.31. The lowest BCUT2D eigenvalue weighted by molar-refractivity contribution is -0.130. The zero-order valence-electron chi connectivity index (χ0n) is 16.1. The Balaban J connectivity index is 1.47. The van der Waals surface area contributed by atoms with Gasteiger partial charge in [0.25, 0.3) is 0 Å². The monoisotopic (exact) mass is 368 g/mol. The molecule has 1 amide bonds. The van der Waals surface area contributed by atoms with Crippen LogP contribution in [-0.4, -0.2) is 47.9 Å². The van der Waals surface area contributed by atoms with Crippen LogP contribution in [0.5, 0.6) is 0 Å². The number of benzene rings is 1. The molecule has 4 rings (SSSR count). The van der Waals surface area contributed by atoms with Crippen LogP contribution >= 0.6 is 0 Å². The molecule has 2 aliphatic rings. The van der Waals surface area contributed by atoms with E-state index >= 15 is 0 Å². The lowest BCUT2D eigenvalue weighted by Crippen LogP contribution is -2.39. The minimum atomic E-state index is -0.390. The predicted octanol–water partition coefficient (Wildman–Crippen LogP) is 3.12. The highest BCUT2D eigenvalue weighted by Crippen LogP contribution is 2.25. The molecule has 0 unspecified atom stereocenters. The summed E-state index contributed by atoms with van der Waals surface area (Å²) >= 11 is 0. The largest absolute Gasteiger partial charge is 0.423 e. The third-order valence-electron chi connectivity index (χ3n) is 6.05. The fraction of sp³-hybridized carbons (Fsp3) is 0.545. The number of rotatable bonds is 3. The molecule has 144 valence electrons. The summed E-state index contributed by atoms with van der Waals surface area (Å²) in [6.45, 7) is 5.61. The molecule has 1 aromatic heterocycles. The fourth-order valence-electron chi connectivity index (χ4n) is 4.58. The van der Waals surface area contributed by atoms with E-state index in [1.165, 1.54) is 31.7 Å². The standard InChI is InChI=1S/C22H28N2O3/c1-16-7-8-19-17(15-22(26)27-20(19)13-16)14-21(25)24-10-4-9-23(11-12-24)18-5-2-3-6-18/h7-8,13,15,18H,2-6,9-12,14H2,1H3. The third kappa shape index (κ3) is 4.08. The molecule has 1 aromatic carbocycles. The van der Waals surface area contributed by atoms with Gasteiger partial charge in [-0.2, -0.15) is 0 Å². The minimum Gasteiger partial charge on any atom is -0.423 e. The molecule has 0 atom stereocenters. The van der Waals surface area contributed by atoms with Crippen molar-refractivity contribution in [3.8, 4) is 0 Å². The number of aryl methyl sites for hydroxylation is 1. The smallest absolute Gasteiger partial charge is 0.336 e. The molecule has 1 saturated carbocycles. The van der Waals surface area contributed by atoms with Crippen molar-refractivity contribution >= 4 is 16.9 Å². The lowest BCUT2D eigenvalue weighted by Gasteiger charge is -2.27. The summed E-state index contributed by atoms with van der Waals surface area (Å²) in [7, 11) is 0. The summed E-state index contributed by atoms with van der Waals surface area (Å²) in [5, 5.41) is 0.857. The van der Waals surface area contributed by atoms with E-state index in [0.717, 1.165) is 49.1 Å². The first-order chi connectivity index (χ1) is 13.1. The van der Waals surface area contributed by atoms with Gasteiger partial charge < -0.3 is 9.32 Å². The van der Waals surface area contributed by atoms with E-state index < -0.39 is 0 Å². The van der Waals surface area contributed by atoms with Crippen molar-refractivity contribution in [2.45, 2.75) is 51.5 Å². The summed E-state index contributed by atoms with van der Waals surface area (Å²) in [6.07, 6.45) is 6.58. The molecule has 1 aliphatic carbocycles. The van der Waals surface area contributed by atoms with Crippen LogP contribution in [0.2, 0.25) is 0 Å². The van der Waals surface area contributed by atoms with Crippen molar-refractivity contribution in [2.75, 3.05) is 26.2 Å². The number of amides is 1. The minimum absolute atomic E-state index is 0.107. The Morgan fingerprint density at radius 1 is 1.07 bits per heavy atom. The number of carbonyl (C=O) groups excluding carboxylic acids is 1. The number of hydrogen-bond donors (Lipinski definition) is 0. The first-order valence-electron chi connectivity index (χ1n) is 10.2. The molecular formula is C22H28N2O3. The van der Waals surface area contributed by atoms with Crippen molar-refractivity contribution in [1.82, 2.24) is 9.80 Å². The zero-order chi connectivity index (χ0) is 18.8. The van der Waals surface area contributed by atoms with Crippen LogP contribution in [-0.2, 0) is 11.2 Å². The maximum atomic E-state index is 12.9. The van der Waals surface area contributed by atoms with Crippen LogP contribution in [0, 0.1) is 6.92 Å². The van der Waals surface area contributed by atoms with Gasteiger partial charge in [0.2, 0.25) is 5.91 Å². The average Bonchev–Trinajstić information content (AvgIpc) is 3.05. The summed E-state index contributed by atoms with van der Waals surface area (Å²) in [6, 6.07) is 7.97. The van der Waals surface area contributed by atoms with E-state index in [9.17, 15) is 9.59 Å². The Morgan fingerprint density at radius 2 is 1.89 bits per heavy atom. The molecule has 1 saturated heterocycles. The molecule has 5 heteroatoms. The van der Waals surface area contributed by atoms with Crippen molar-refractivity contribution in [1.29, 1.82) is 0 Å². The van der Waals surface area contributed by atoms with Crippen molar-refractivity contribution in [3.63, 3.8) is 0 Å². The molecule has 0 bridgehead atoms. The Bertz CT molecular complexity index is 883. The molecule has 0 N–H and O–H groups in total. The van der Waals surface area contributed by atoms with Crippen LogP contribution < -0.4 is 5.63 Å². The molecule has 0 radical (unpaired) electrons. The molecule has 27 heavy (non-hydrogen) atoms. The van der Waals surface area contributed by atoms with E-state index in [4.69, 9.17) is 4.42 Å². The lowest BCUT2D eigenvalue weighted by atomic mass is 10.0. The highest BCUT2D eigenvalue weighted by Gasteiger charge is 2.26. The van der Waals surface area contributed by atoms with E-state index in [1.54, 1.807) is 0 Å². The molecule has 5 nitrogen and oxygen atoms in total. The second-order valence-electron chi connectivity index (χ2n) is 7.98. The van der Waals surface area contributed by atoms with E-state index in [0.29, 0.717) is 11.6 Å². The van der Waals surface area contributed by atoms with E-state index in [1.807, 2.05) is 30.0 Å².